The van der Waals surface area contributed by atoms with Gasteiger partial charge in [0.1, 0.15) is 0 Å². The van der Waals surface area contributed by atoms with E-state index in [-0.39, 0.29) is 5.03 Å². The van der Waals surface area contributed by atoms with Crippen LogP contribution < -0.4 is 4.31 Å². The summed E-state index contributed by atoms with van der Waals surface area (Å²) in [6.45, 7) is 5.00. The highest BCUT2D eigenvalue weighted by molar-refractivity contribution is 7.92. The van der Waals surface area contributed by atoms with Crippen LogP contribution in [-0.2, 0) is 23.0 Å². The van der Waals surface area contributed by atoms with Crippen LogP contribution in [0.1, 0.15) is 24.5 Å². The number of hydrogen-bond acceptors (Lipinski definition) is 3. The molecule has 0 unspecified atom stereocenters. The standard InChI is InChI=1S/C15H19N3O2S/c1-3-17-11-16-10-15(17)21(19,20)18-8-4-5-13-7-6-12(2)9-14(13)18/h6-7,9-11H,3-5,8H2,1-2H3. The maximum atomic E-state index is 13.0. The van der Waals surface area contributed by atoms with E-state index >= 15 is 0 Å². The highest BCUT2D eigenvalue weighted by Gasteiger charge is 2.31. The number of aromatic nitrogens is 2. The molecule has 1 aromatic carbocycles. The van der Waals surface area contributed by atoms with Crippen molar-refractivity contribution in [3.8, 4) is 0 Å². The zero-order chi connectivity index (χ0) is 15.0. The van der Waals surface area contributed by atoms with Crippen LogP contribution in [0.4, 0.5) is 5.69 Å². The van der Waals surface area contributed by atoms with Crippen molar-refractivity contribution in [3.63, 3.8) is 0 Å². The van der Waals surface area contributed by atoms with Crippen molar-refractivity contribution in [2.45, 2.75) is 38.3 Å². The molecular weight excluding hydrogens is 286 g/mol. The normalized spacial score (nSPS) is 15.0. The molecule has 112 valence electrons. The van der Waals surface area contributed by atoms with Gasteiger partial charge in [-0.25, -0.2) is 4.98 Å². The number of fused-ring (bicyclic) bond motifs is 1. The van der Waals surface area contributed by atoms with Gasteiger partial charge in [-0.1, -0.05) is 12.1 Å². The van der Waals surface area contributed by atoms with Crippen molar-refractivity contribution < 1.29 is 8.42 Å². The number of nitrogens with zero attached hydrogens (tertiary/aromatic N) is 3. The number of rotatable bonds is 3. The molecule has 21 heavy (non-hydrogen) atoms. The molecule has 1 aliphatic rings. The average molecular weight is 305 g/mol. The van der Waals surface area contributed by atoms with E-state index in [0.29, 0.717) is 13.1 Å². The van der Waals surface area contributed by atoms with E-state index in [9.17, 15) is 8.42 Å². The van der Waals surface area contributed by atoms with Crippen LogP contribution in [0.15, 0.2) is 35.7 Å². The van der Waals surface area contributed by atoms with Gasteiger partial charge in [-0.2, -0.15) is 8.42 Å². The minimum atomic E-state index is -3.56. The van der Waals surface area contributed by atoms with Gasteiger partial charge >= 0.3 is 0 Å². The summed E-state index contributed by atoms with van der Waals surface area (Å²) in [5.74, 6) is 0. The maximum absolute atomic E-state index is 13.0. The van der Waals surface area contributed by atoms with Gasteiger partial charge in [-0.05, 0) is 43.9 Å². The predicted octanol–water partition coefficient (Wildman–Crippen LogP) is 2.35. The first-order valence-electron chi connectivity index (χ1n) is 7.16. The number of sulfonamides is 1. The third kappa shape index (κ3) is 2.33. The zero-order valence-electron chi connectivity index (χ0n) is 12.3. The summed E-state index contributed by atoms with van der Waals surface area (Å²) in [6, 6.07) is 6.02. The number of anilines is 1. The van der Waals surface area contributed by atoms with Gasteiger partial charge < -0.3 is 4.57 Å². The topological polar surface area (TPSA) is 55.2 Å². The van der Waals surface area contributed by atoms with Crippen LogP contribution in [0, 0.1) is 6.92 Å². The van der Waals surface area contributed by atoms with Gasteiger partial charge in [0.2, 0.25) is 0 Å². The monoisotopic (exact) mass is 305 g/mol. The molecule has 0 N–H and O–H groups in total. The summed E-state index contributed by atoms with van der Waals surface area (Å²) in [4.78, 5) is 3.98. The smallest absolute Gasteiger partial charge is 0.281 e. The van der Waals surface area contributed by atoms with E-state index in [1.807, 2.05) is 32.0 Å². The third-order valence-electron chi connectivity index (χ3n) is 3.89. The van der Waals surface area contributed by atoms with E-state index in [4.69, 9.17) is 0 Å². The Balaban J connectivity index is 2.12. The zero-order valence-corrected chi connectivity index (χ0v) is 13.1. The Morgan fingerprint density at radius 3 is 2.90 bits per heavy atom. The van der Waals surface area contributed by atoms with E-state index in [0.717, 1.165) is 29.7 Å². The lowest BCUT2D eigenvalue weighted by atomic mass is 10.0. The molecule has 1 aromatic heterocycles. The third-order valence-corrected chi connectivity index (χ3v) is 5.71. The average Bonchev–Trinajstić information content (AvgIpc) is 2.95. The first kappa shape index (κ1) is 14.1. The van der Waals surface area contributed by atoms with E-state index in [1.165, 1.54) is 10.5 Å². The van der Waals surface area contributed by atoms with Crippen molar-refractivity contribution in [1.29, 1.82) is 0 Å². The van der Waals surface area contributed by atoms with Gasteiger partial charge in [0.15, 0.2) is 5.03 Å². The van der Waals surface area contributed by atoms with Crippen molar-refractivity contribution in [1.82, 2.24) is 9.55 Å². The summed E-state index contributed by atoms with van der Waals surface area (Å²) in [6.07, 6.45) is 4.77. The molecule has 0 fully saturated rings. The molecule has 5 nitrogen and oxygen atoms in total. The van der Waals surface area contributed by atoms with Crippen LogP contribution >= 0.6 is 0 Å². The van der Waals surface area contributed by atoms with Crippen LogP contribution in [0.25, 0.3) is 0 Å². The second-order valence-electron chi connectivity index (χ2n) is 5.33. The van der Waals surface area contributed by atoms with Crippen LogP contribution in [0.2, 0.25) is 0 Å². The SMILES string of the molecule is CCn1cncc1S(=O)(=O)N1CCCc2ccc(C)cc21. The van der Waals surface area contributed by atoms with Crippen LogP contribution in [0.3, 0.4) is 0 Å². The van der Waals surface area contributed by atoms with Crippen LogP contribution in [0.5, 0.6) is 0 Å². The van der Waals surface area contributed by atoms with Gasteiger partial charge in [0.25, 0.3) is 10.0 Å². The lowest BCUT2D eigenvalue weighted by molar-refractivity contribution is 0.569. The Morgan fingerprint density at radius 2 is 2.14 bits per heavy atom. The number of hydrogen-bond donors (Lipinski definition) is 0. The van der Waals surface area contributed by atoms with Gasteiger partial charge in [0, 0.05) is 13.1 Å². The number of aryl methyl sites for hydroxylation is 3. The Morgan fingerprint density at radius 1 is 1.33 bits per heavy atom. The van der Waals surface area contributed by atoms with E-state index in [1.54, 1.807) is 10.9 Å². The molecule has 2 aromatic rings. The summed E-state index contributed by atoms with van der Waals surface area (Å²) < 4.78 is 29.1. The highest BCUT2D eigenvalue weighted by Crippen LogP contribution is 2.32. The van der Waals surface area contributed by atoms with Gasteiger partial charge in [-0.3, -0.25) is 4.31 Å². The molecule has 0 spiro atoms. The highest BCUT2D eigenvalue weighted by atomic mass is 32.2. The molecular formula is C15H19N3O2S. The summed E-state index contributed by atoms with van der Waals surface area (Å²) in [7, 11) is -3.56. The van der Waals surface area contributed by atoms with Crippen molar-refractivity contribution in [2.75, 3.05) is 10.8 Å². The summed E-state index contributed by atoms with van der Waals surface area (Å²) in [5, 5.41) is 0.263. The molecule has 0 atom stereocenters. The Bertz CT molecular complexity index is 765. The molecule has 0 saturated heterocycles. The molecule has 0 radical (unpaired) electrons. The molecule has 0 bridgehead atoms. The molecule has 0 saturated carbocycles. The van der Waals surface area contributed by atoms with Crippen molar-refractivity contribution >= 4 is 15.7 Å². The molecule has 1 aliphatic heterocycles. The van der Waals surface area contributed by atoms with Crippen molar-refractivity contribution in [2.24, 2.45) is 0 Å². The molecule has 0 amide bonds. The van der Waals surface area contributed by atoms with E-state index < -0.39 is 10.0 Å². The molecule has 6 heteroatoms. The first-order chi connectivity index (χ1) is 10.0. The largest absolute Gasteiger partial charge is 0.320 e. The molecule has 0 aliphatic carbocycles. The number of benzene rings is 1. The van der Waals surface area contributed by atoms with Crippen LogP contribution in [-0.4, -0.2) is 24.5 Å². The fourth-order valence-corrected chi connectivity index (χ4v) is 4.47. The second-order valence-corrected chi connectivity index (χ2v) is 7.14. The minimum absolute atomic E-state index is 0.263. The van der Waals surface area contributed by atoms with Crippen molar-refractivity contribution in [3.05, 3.63) is 41.9 Å². The Hall–Kier alpha value is -1.82. The van der Waals surface area contributed by atoms with Gasteiger partial charge in [-0.15, -0.1) is 0 Å². The lowest BCUT2D eigenvalue weighted by Gasteiger charge is -2.30. The lowest BCUT2D eigenvalue weighted by Crippen LogP contribution is -2.36. The Labute approximate surface area is 125 Å². The predicted molar refractivity (Wildman–Crippen MR) is 81.9 cm³/mol. The minimum Gasteiger partial charge on any atom is -0.320 e. The second kappa shape index (κ2) is 5.18. The fourth-order valence-electron chi connectivity index (χ4n) is 2.77. The van der Waals surface area contributed by atoms with E-state index in [2.05, 4.69) is 4.98 Å². The molecule has 3 rings (SSSR count). The quantitative estimate of drug-likeness (QED) is 0.874. The number of imidazole rings is 1. The van der Waals surface area contributed by atoms with Gasteiger partial charge in [0.05, 0.1) is 18.2 Å². The summed E-state index contributed by atoms with van der Waals surface area (Å²) >= 11 is 0. The first-order valence-corrected chi connectivity index (χ1v) is 8.60. The Kier molecular flexibility index (Phi) is 3.49. The maximum Gasteiger partial charge on any atom is 0.281 e. The molecule has 2 heterocycles. The fraction of sp³-hybridized carbons (Fsp3) is 0.400. The summed E-state index contributed by atoms with van der Waals surface area (Å²) in [5.41, 5.74) is 2.97.